The van der Waals surface area contributed by atoms with Gasteiger partial charge in [-0.15, -0.1) is 0 Å². The fraction of sp³-hybridized carbons (Fsp3) is 1.00. The van der Waals surface area contributed by atoms with E-state index in [1.54, 1.807) is 35.5 Å². The zero-order valence-corrected chi connectivity index (χ0v) is 16.3. The van der Waals surface area contributed by atoms with Crippen molar-refractivity contribution in [2.24, 2.45) is 0 Å². The van der Waals surface area contributed by atoms with Crippen molar-refractivity contribution in [3.05, 3.63) is 0 Å². The predicted octanol–water partition coefficient (Wildman–Crippen LogP) is 4.08. The maximum Gasteiger partial charge on any atom is 0.217 e. The van der Waals surface area contributed by atoms with E-state index in [0.29, 0.717) is 47.1 Å². The van der Waals surface area contributed by atoms with Gasteiger partial charge in [0.05, 0.1) is 21.1 Å². The van der Waals surface area contributed by atoms with Crippen molar-refractivity contribution in [3.63, 3.8) is 0 Å². The lowest BCUT2D eigenvalue weighted by Crippen LogP contribution is -2.67. The van der Waals surface area contributed by atoms with Crippen molar-refractivity contribution in [1.82, 2.24) is 0 Å². The van der Waals surface area contributed by atoms with E-state index >= 15 is 0 Å². The molecule has 0 aromatic heterocycles. The van der Waals surface area contributed by atoms with Crippen molar-refractivity contribution in [2.45, 2.75) is 44.6 Å². The highest BCUT2D eigenvalue weighted by molar-refractivity contribution is 4.26. The lowest BCUT2D eigenvalue weighted by atomic mass is 10.4. The molecule has 0 atom stereocenters. The smallest absolute Gasteiger partial charge is 0.217 e. The van der Waals surface area contributed by atoms with Gasteiger partial charge in [-0.25, -0.2) is 13.4 Å². The molecule has 0 bridgehead atoms. The van der Waals surface area contributed by atoms with Gasteiger partial charge in [0.2, 0.25) is 13.3 Å². The first-order chi connectivity index (χ1) is 10.7. The van der Waals surface area contributed by atoms with E-state index in [1.165, 1.54) is 0 Å². The van der Waals surface area contributed by atoms with E-state index in [4.69, 9.17) is 23.7 Å². The highest BCUT2D eigenvalue weighted by Crippen LogP contribution is 2.17. The van der Waals surface area contributed by atoms with Crippen molar-refractivity contribution in [3.8, 4) is 0 Å². The molecule has 0 heterocycles. The Morgan fingerprint density at radius 3 is 0.724 bits per heavy atom. The number of hydrogen-bond donors (Lipinski definition) is 0. The van der Waals surface area contributed by atoms with Crippen LogP contribution < -0.4 is 0 Å². The van der Waals surface area contributed by atoms with Crippen LogP contribution in [0.15, 0.2) is 0 Å². The Morgan fingerprint density at radius 2 is 0.552 bits per heavy atom. The summed E-state index contributed by atoms with van der Waals surface area (Å²) in [5.41, 5.74) is 0. The molecule has 188 valence electrons. The van der Waals surface area contributed by atoms with Crippen molar-refractivity contribution >= 4 is 0 Å². The van der Waals surface area contributed by atoms with Crippen LogP contribution in [0.2, 0.25) is 0 Å². The van der Waals surface area contributed by atoms with Crippen LogP contribution in [-0.4, -0.2) is 117 Å². The molecular weight excluding hydrogens is 374 g/mol. The zero-order valence-electron chi connectivity index (χ0n) is 16.3. The van der Waals surface area contributed by atoms with Crippen LogP contribution in [0.3, 0.4) is 0 Å². The fourth-order valence-corrected chi connectivity index (χ4v) is 3.57. The van der Waals surface area contributed by atoms with Crippen LogP contribution in [-0.2, 0) is 23.7 Å². The summed E-state index contributed by atoms with van der Waals surface area (Å²) < 4.78 is 29.0. The summed E-state index contributed by atoms with van der Waals surface area (Å²) in [6.45, 7) is 4.48. The summed E-state index contributed by atoms with van der Waals surface area (Å²) >= 11 is 0. The number of quaternary nitrogens is 3. The summed E-state index contributed by atoms with van der Waals surface area (Å²) in [6, 6.07) is 0. The quantitative estimate of drug-likeness (QED) is 0.303. The van der Waals surface area contributed by atoms with E-state index in [0.717, 1.165) is 13.3 Å². The lowest BCUT2D eigenvalue weighted by molar-refractivity contribution is -1.17. The van der Waals surface area contributed by atoms with E-state index in [2.05, 4.69) is 21.1 Å². The predicted molar refractivity (Wildman–Crippen MR) is 128 cm³/mol. The van der Waals surface area contributed by atoms with Gasteiger partial charge in [0.1, 0.15) is 0 Å². The molecule has 0 aromatic carbocycles. The number of rotatable bonds is 14. The molecule has 8 nitrogen and oxygen atoms in total. The second kappa shape index (κ2) is 22.4. The van der Waals surface area contributed by atoms with Crippen molar-refractivity contribution < 1.29 is 37.1 Å². The molecule has 0 saturated heterocycles. The Morgan fingerprint density at radius 1 is 0.379 bits per heavy atom. The molecule has 0 spiro atoms. The van der Waals surface area contributed by atoms with Crippen LogP contribution in [0.25, 0.3) is 0 Å². The topological polar surface area (TPSA) is 46.2 Å². The molecule has 0 rings (SSSR count). The van der Waals surface area contributed by atoms with E-state index in [1.807, 2.05) is 0 Å². The molecule has 0 aliphatic rings. The van der Waals surface area contributed by atoms with Crippen molar-refractivity contribution in [2.75, 3.05) is 104 Å². The zero-order chi connectivity index (χ0) is 18.0. The van der Waals surface area contributed by atoms with Gasteiger partial charge in [0.25, 0.3) is 0 Å². The normalized spacial score (nSPS) is 10.8. The SMILES string of the molecule is C.C.C.C.C.C.COC[N+](C)(COC)C[N+](C)(COC)C[N+](C)(COC)COC. The number of methoxy groups -OCH3 is 5. The monoisotopic (exact) mass is 436 g/mol. The molecule has 0 aliphatic heterocycles. The molecular formula is C21H62N3O5+3. The van der Waals surface area contributed by atoms with Gasteiger partial charge >= 0.3 is 0 Å². The third-order valence-corrected chi connectivity index (χ3v) is 3.57. The Balaban J connectivity index is -0.000000161. The van der Waals surface area contributed by atoms with Gasteiger partial charge in [-0.1, -0.05) is 44.6 Å². The molecule has 0 N–H and O–H groups in total. The molecule has 29 heavy (non-hydrogen) atoms. The molecule has 0 aromatic rings. The van der Waals surface area contributed by atoms with Crippen molar-refractivity contribution in [1.29, 1.82) is 0 Å². The molecule has 0 unspecified atom stereocenters. The first-order valence-corrected chi connectivity index (χ1v) is 7.67. The van der Waals surface area contributed by atoms with Gasteiger partial charge in [0, 0.05) is 35.5 Å². The van der Waals surface area contributed by atoms with Gasteiger partial charge in [-0.3, -0.25) is 0 Å². The minimum atomic E-state index is 0. The summed E-state index contributed by atoms with van der Waals surface area (Å²) in [6.07, 6.45) is 0. The standard InChI is InChI=1S/C15H38N3O5.6CH4/c1-16(11-19-4,9-17(2,12-20-5)13-21-6)10-18(3,14-22-7)15-23-8;;;;;;/h9-15H2,1-8H3;6*1H4/q+3;;;;;;. The van der Waals surface area contributed by atoms with E-state index in [-0.39, 0.29) is 44.6 Å². The number of hydrogen-bond acceptors (Lipinski definition) is 5. The first kappa shape index (κ1) is 46.8. The third kappa shape index (κ3) is 18.2. The third-order valence-electron chi connectivity index (χ3n) is 3.57. The average molecular weight is 437 g/mol. The Labute approximate surface area is 186 Å². The number of ether oxygens (including phenoxy) is 5. The lowest BCUT2D eigenvalue weighted by Gasteiger charge is -2.45. The summed E-state index contributed by atoms with van der Waals surface area (Å²) in [5.74, 6) is 0. The first-order valence-electron chi connectivity index (χ1n) is 7.67. The van der Waals surface area contributed by atoms with Gasteiger partial charge in [-0.05, 0) is 0 Å². The highest BCUT2D eigenvalue weighted by Gasteiger charge is 2.41. The van der Waals surface area contributed by atoms with E-state index < -0.39 is 0 Å². The van der Waals surface area contributed by atoms with Crippen LogP contribution in [0.1, 0.15) is 44.6 Å². The molecule has 0 amide bonds. The second-order valence-electron chi connectivity index (χ2n) is 7.23. The minimum absolute atomic E-state index is 0. The fourth-order valence-electron chi connectivity index (χ4n) is 3.57. The van der Waals surface area contributed by atoms with Gasteiger partial charge in [0.15, 0.2) is 33.7 Å². The average Bonchev–Trinajstić information content (AvgIpc) is 2.38. The van der Waals surface area contributed by atoms with Gasteiger partial charge in [-0.2, -0.15) is 0 Å². The maximum atomic E-state index is 5.50. The molecule has 0 fully saturated rings. The van der Waals surface area contributed by atoms with Gasteiger partial charge < -0.3 is 23.7 Å². The summed E-state index contributed by atoms with van der Waals surface area (Å²) in [4.78, 5) is 0. The van der Waals surface area contributed by atoms with Crippen LogP contribution >= 0.6 is 0 Å². The largest absolute Gasteiger partial charge is 0.335 e. The Hall–Kier alpha value is -0.320. The van der Waals surface area contributed by atoms with Crippen LogP contribution in [0, 0.1) is 0 Å². The Bertz CT molecular complexity index is 285. The molecule has 0 aliphatic carbocycles. The van der Waals surface area contributed by atoms with Crippen LogP contribution in [0.4, 0.5) is 0 Å². The van der Waals surface area contributed by atoms with Crippen LogP contribution in [0.5, 0.6) is 0 Å². The minimum Gasteiger partial charge on any atom is -0.335 e. The molecule has 0 radical (unpaired) electrons. The molecule has 0 saturated carbocycles. The van der Waals surface area contributed by atoms with E-state index in [9.17, 15) is 0 Å². The number of nitrogens with zero attached hydrogens (tertiary/aromatic N) is 3. The Kier molecular flexibility index (Phi) is 36.1. The second-order valence-corrected chi connectivity index (χ2v) is 7.23. The highest BCUT2D eigenvalue weighted by atomic mass is 16.5. The summed E-state index contributed by atoms with van der Waals surface area (Å²) in [5, 5.41) is 0. The summed E-state index contributed by atoms with van der Waals surface area (Å²) in [7, 11) is 15.0. The molecule has 8 heteroatoms. The maximum absolute atomic E-state index is 5.50.